The summed E-state index contributed by atoms with van der Waals surface area (Å²) in [5, 5.41) is 7.69. The zero-order valence-electron chi connectivity index (χ0n) is 11.3. The highest BCUT2D eigenvalue weighted by Gasteiger charge is 2.09. The molecular weight excluding hydrogens is 226 g/mol. The highest BCUT2D eigenvalue weighted by Crippen LogP contribution is 2.16. The first-order valence-corrected chi connectivity index (χ1v) is 5.94. The van der Waals surface area contributed by atoms with Crippen LogP contribution in [0.15, 0.2) is 12.3 Å². The molecule has 5 nitrogen and oxygen atoms in total. The van der Waals surface area contributed by atoms with Gasteiger partial charge in [0, 0.05) is 24.8 Å². The summed E-state index contributed by atoms with van der Waals surface area (Å²) in [5.74, 6) is 0.837. The number of nitrogens with zero attached hydrogens (tertiary/aromatic N) is 3. The molecule has 2 heterocycles. The third-order valence-electron chi connectivity index (χ3n) is 3.26. The van der Waals surface area contributed by atoms with Crippen molar-refractivity contribution in [2.45, 2.75) is 27.3 Å². The molecule has 0 bridgehead atoms. The number of nitrogens with one attached hydrogen (secondary N) is 1. The Bertz CT molecular complexity index is 571. The maximum Gasteiger partial charge on any atom is 0.126 e. The average Bonchev–Trinajstić information content (AvgIpc) is 2.56. The Kier molecular flexibility index (Phi) is 3.23. The van der Waals surface area contributed by atoms with Gasteiger partial charge in [-0.1, -0.05) is 0 Å². The first-order chi connectivity index (χ1) is 8.49. The lowest BCUT2D eigenvalue weighted by Crippen LogP contribution is -2.04. The largest absolute Gasteiger partial charge is 0.397 e. The molecule has 0 spiro atoms. The molecule has 0 saturated carbocycles. The van der Waals surface area contributed by atoms with Crippen molar-refractivity contribution in [1.29, 1.82) is 0 Å². The molecule has 2 aromatic rings. The second kappa shape index (κ2) is 4.68. The first-order valence-electron chi connectivity index (χ1n) is 5.94. The first kappa shape index (κ1) is 12.4. The Balaban J connectivity index is 2.14. The normalized spacial score (nSPS) is 10.7. The van der Waals surface area contributed by atoms with Crippen molar-refractivity contribution in [2.24, 2.45) is 7.05 Å². The van der Waals surface area contributed by atoms with Crippen molar-refractivity contribution < 1.29 is 0 Å². The fourth-order valence-corrected chi connectivity index (χ4v) is 1.92. The van der Waals surface area contributed by atoms with E-state index in [0.717, 1.165) is 23.6 Å². The lowest BCUT2D eigenvalue weighted by Gasteiger charge is -2.08. The standard InChI is InChI=1S/C13H19N5/c1-8-5-13(16-7-12(8)14)15-6-11-9(2)17-18(4)10(11)3/h5,7H,6,14H2,1-4H3,(H,15,16). The van der Waals surface area contributed by atoms with Gasteiger partial charge in [0.15, 0.2) is 0 Å². The number of nitrogens with two attached hydrogens (primary N) is 1. The van der Waals surface area contributed by atoms with Crippen LogP contribution in [0.4, 0.5) is 11.5 Å². The van der Waals surface area contributed by atoms with E-state index in [1.165, 1.54) is 11.3 Å². The van der Waals surface area contributed by atoms with Gasteiger partial charge in [0.1, 0.15) is 5.82 Å². The molecule has 0 fully saturated rings. The molecule has 96 valence electrons. The van der Waals surface area contributed by atoms with Crippen LogP contribution in [-0.4, -0.2) is 14.8 Å². The fraction of sp³-hybridized carbons (Fsp3) is 0.385. The Labute approximate surface area is 107 Å². The van der Waals surface area contributed by atoms with E-state index in [2.05, 4.69) is 22.3 Å². The minimum absolute atomic E-state index is 0.717. The highest BCUT2D eigenvalue weighted by atomic mass is 15.3. The molecule has 0 unspecified atom stereocenters. The molecule has 3 N–H and O–H groups in total. The maximum absolute atomic E-state index is 5.74. The molecular formula is C13H19N5. The van der Waals surface area contributed by atoms with Crippen LogP contribution in [0.3, 0.4) is 0 Å². The lowest BCUT2D eigenvalue weighted by atomic mass is 10.2. The molecule has 5 heteroatoms. The summed E-state index contributed by atoms with van der Waals surface area (Å²) in [7, 11) is 1.96. The van der Waals surface area contributed by atoms with Gasteiger partial charge in [0.2, 0.25) is 0 Å². The van der Waals surface area contributed by atoms with Gasteiger partial charge in [-0.15, -0.1) is 0 Å². The summed E-state index contributed by atoms with van der Waals surface area (Å²) in [5.41, 5.74) is 10.9. The minimum Gasteiger partial charge on any atom is -0.397 e. The summed E-state index contributed by atoms with van der Waals surface area (Å²) >= 11 is 0. The zero-order valence-corrected chi connectivity index (χ0v) is 11.3. The quantitative estimate of drug-likeness (QED) is 0.867. The topological polar surface area (TPSA) is 68.8 Å². The third kappa shape index (κ3) is 2.30. The summed E-state index contributed by atoms with van der Waals surface area (Å²) in [6, 6.07) is 1.95. The molecule has 0 aliphatic carbocycles. The molecule has 0 saturated heterocycles. The molecule has 0 radical (unpaired) electrons. The number of aryl methyl sites for hydroxylation is 3. The van der Waals surface area contributed by atoms with Crippen LogP contribution in [0, 0.1) is 20.8 Å². The predicted octanol–water partition coefficient (Wildman–Crippen LogP) is 1.93. The number of hydrogen-bond donors (Lipinski definition) is 2. The Hall–Kier alpha value is -2.04. The van der Waals surface area contributed by atoms with E-state index in [1.807, 2.05) is 31.6 Å². The van der Waals surface area contributed by atoms with Crippen LogP contribution >= 0.6 is 0 Å². The van der Waals surface area contributed by atoms with Crippen molar-refractivity contribution in [3.8, 4) is 0 Å². The van der Waals surface area contributed by atoms with E-state index in [4.69, 9.17) is 5.73 Å². The van der Waals surface area contributed by atoms with Crippen LogP contribution in [0.1, 0.15) is 22.5 Å². The number of anilines is 2. The molecule has 2 aromatic heterocycles. The van der Waals surface area contributed by atoms with Gasteiger partial charge in [0.05, 0.1) is 17.6 Å². The summed E-state index contributed by atoms with van der Waals surface area (Å²) in [6.45, 7) is 6.79. The number of hydrogen-bond acceptors (Lipinski definition) is 4. The van der Waals surface area contributed by atoms with Crippen molar-refractivity contribution in [3.63, 3.8) is 0 Å². The summed E-state index contributed by atoms with van der Waals surface area (Å²) in [4.78, 5) is 4.26. The SMILES string of the molecule is Cc1cc(NCc2c(C)nn(C)c2C)ncc1N. The molecule has 0 amide bonds. The number of aromatic nitrogens is 3. The van der Waals surface area contributed by atoms with Crippen LogP contribution < -0.4 is 11.1 Å². The summed E-state index contributed by atoms with van der Waals surface area (Å²) in [6.07, 6.45) is 1.68. The Morgan fingerprint density at radius 3 is 2.61 bits per heavy atom. The van der Waals surface area contributed by atoms with Crippen LogP contribution in [0.2, 0.25) is 0 Å². The van der Waals surface area contributed by atoms with Gasteiger partial charge in [-0.3, -0.25) is 4.68 Å². The highest BCUT2D eigenvalue weighted by molar-refractivity contribution is 5.51. The number of nitrogen functional groups attached to an aromatic ring is 1. The lowest BCUT2D eigenvalue weighted by molar-refractivity contribution is 0.730. The van der Waals surface area contributed by atoms with Crippen molar-refractivity contribution >= 4 is 11.5 Å². The predicted molar refractivity (Wildman–Crippen MR) is 73.4 cm³/mol. The van der Waals surface area contributed by atoms with E-state index >= 15 is 0 Å². The average molecular weight is 245 g/mol. The van der Waals surface area contributed by atoms with Crippen LogP contribution in [0.5, 0.6) is 0 Å². The second-order valence-corrected chi connectivity index (χ2v) is 4.55. The van der Waals surface area contributed by atoms with Gasteiger partial charge in [-0.2, -0.15) is 5.10 Å². The Morgan fingerprint density at radius 2 is 2.06 bits per heavy atom. The monoisotopic (exact) mass is 245 g/mol. The summed E-state index contributed by atoms with van der Waals surface area (Å²) < 4.78 is 1.90. The Morgan fingerprint density at radius 1 is 1.33 bits per heavy atom. The fourth-order valence-electron chi connectivity index (χ4n) is 1.92. The van der Waals surface area contributed by atoms with Gasteiger partial charge in [-0.25, -0.2) is 4.98 Å². The molecule has 2 rings (SSSR count). The van der Waals surface area contributed by atoms with E-state index in [9.17, 15) is 0 Å². The second-order valence-electron chi connectivity index (χ2n) is 4.55. The van der Waals surface area contributed by atoms with Gasteiger partial charge < -0.3 is 11.1 Å². The van der Waals surface area contributed by atoms with Crippen molar-refractivity contribution in [1.82, 2.24) is 14.8 Å². The maximum atomic E-state index is 5.74. The molecule has 0 aliphatic rings. The van der Waals surface area contributed by atoms with Gasteiger partial charge in [0.25, 0.3) is 0 Å². The van der Waals surface area contributed by atoms with Crippen molar-refractivity contribution in [2.75, 3.05) is 11.1 Å². The van der Waals surface area contributed by atoms with E-state index in [-0.39, 0.29) is 0 Å². The molecule has 0 aliphatic heterocycles. The van der Waals surface area contributed by atoms with Gasteiger partial charge in [-0.05, 0) is 32.4 Å². The van der Waals surface area contributed by atoms with Crippen LogP contribution in [0.25, 0.3) is 0 Å². The third-order valence-corrected chi connectivity index (χ3v) is 3.26. The smallest absolute Gasteiger partial charge is 0.126 e. The minimum atomic E-state index is 0.717. The molecule has 0 atom stereocenters. The van der Waals surface area contributed by atoms with E-state index < -0.39 is 0 Å². The van der Waals surface area contributed by atoms with Gasteiger partial charge >= 0.3 is 0 Å². The number of rotatable bonds is 3. The number of pyridine rings is 1. The molecule has 18 heavy (non-hydrogen) atoms. The van der Waals surface area contributed by atoms with E-state index in [1.54, 1.807) is 6.20 Å². The zero-order chi connectivity index (χ0) is 13.3. The van der Waals surface area contributed by atoms with E-state index in [0.29, 0.717) is 5.69 Å². The molecule has 0 aromatic carbocycles. The van der Waals surface area contributed by atoms with Crippen molar-refractivity contribution in [3.05, 3.63) is 34.8 Å². The van der Waals surface area contributed by atoms with Crippen LogP contribution in [-0.2, 0) is 13.6 Å².